The van der Waals surface area contributed by atoms with E-state index >= 15 is 0 Å². The van der Waals surface area contributed by atoms with Gasteiger partial charge in [0, 0.05) is 32.0 Å². The van der Waals surface area contributed by atoms with Crippen LogP contribution >= 0.6 is 0 Å². The van der Waals surface area contributed by atoms with E-state index < -0.39 is 5.60 Å². The maximum absolute atomic E-state index is 10.3. The minimum atomic E-state index is -0.692. The average molecular weight is 280 g/mol. The Morgan fingerprint density at radius 1 is 1.15 bits per heavy atom. The summed E-state index contributed by atoms with van der Waals surface area (Å²) in [5, 5.41) is 16.7. The van der Waals surface area contributed by atoms with Crippen LogP contribution in [0.4, 0.5) is 0 Å². The van der Waals surface area contributed by atoms with Crippen LogP contribution in [0.5, 0.6) is 0 Å². The zero-order valence-electron chi connectivity index (χ0n) is 12.9. The zero-order valence-corrected chi connectivity index (χ0v) is 12.9. The topological polar surface area (TPSA) is 61.6 Å². The van der Waals surface area contributed by atoms with Crippen LogP contribution in [-0.4, -0.2) is 40.9 Å². The monoisotopic (exact) mass is 280 g/mol. The van der Waals surface area contributed by atoms with Crippen molar-refractivity contribution in [2.45, 2.75) is 45.8 Å². The minimum absolute atomic E-state index is 0.429. The molecule has 5 nitrogen and oxygen atoms in total. The van der Waals surface area contributed by atoms with Crippen molar-refractivity contribution in [2.24, 2.45) is 4.99 Å². The SMILES string of the molecule is CCNC(=NCC(O)(CC)CC)NCCn1cccc1. The fraction of sp³-hybridized carbons (Fsp3) is 0.667. The quantitative estimate of drug-likeness (QED) is 0.500. The maximum atomic E-state index is 10.3. The van der Waals surface area contributed by atoms with Crippen LogP contribution in [0.15, 0.2) is 29.5 Å². The van der Waals surface area contributed by atoms with Crippen LogP contribution in [0.1, 0.15) is 33.6 Å². The fourth-order valence-corrected chi connectivity index (χ4v) is 1.86. The first-order valence-corrected chi connectivity index (χ1v) is 7.49. The van der Waals surface area contributed by atoms with E-state index in [9.17, 15) is 5.11 Å². The highest BCUT2D eigenvalue weighted by molar-refractivity contribution is 5.79. The lowest BCUT2D eigenvalue weighted by molar-refractivity contribution is 0.0418. The Labute approximate surface area is 122 Å². The van der Waals surface area contributed by atoms with Crippen LogP contribution in [0.2, 0.25) is 0 Å². The first-order valence-electron chi connectivity index (χ1n) is 7.49. The van der Waals surface area contributed by atoms with Crippen LogP contribution in [0, 0.1) is 0 Å². The molecule has 20 heavy (non-hydrogen) atoms. The Balaban J connectivity index is 2.46. The van der Waals surface area contributed by atoms with E-state index in [0.717, 1.165) is 38.4 Å². The average Bonchev–Trinajstić information content (AvgIpc) is 2.97. The van der Waals surface area contributed by atoms with Gasteiger partial charge in [0.2, 0.25) is 0 Å². The summed E-state index contributed by atoms with van der Waals surface area (Å²) in [6.07, 6.45) is 5.52. The standard InChI is InChI=1S/C15H28N4O/c1-4-15(20,5-2)13-18-14(16-6-3)17-9-12-19-10-7-8-11-19/h7-8,10-11,20H,4-6,9,12-13H2,1-3H3,(H2,16,17,18). The molecule has 0 aliphatic carbocycles. The lowest BCUT2D eigenvalue weighted by atomic mass is 9.98. The molecule has 3 N–H and O–H groups in total. The second-order valence-corrected chi connectivity index (χ2v) is 4.97. The van der Waals surface area contributed by atoms with Gasteiger partial charge in [0.25, 0.3) is 0 Å². The largest absolute Gasteiger partial charge is 0.388 e. The summed E-state index contributed by atoms with van der Waals surface area (Å²) in [7, 11) is 0. The summed E-state index contributed by atoms with van der Waals surface area (Å²) in [5.74, 6) is 0.764. The Morgan fingerprint density at radius 2 is 1.80 bits per heavy atom. The lowest BCUT2D eigenvalue weighted by Crippen LogP contribution is -2.40. The molecule has 0 amide bonds. The molecule has 0 unspecified atom stereocenters. The molecule has 0 fully saturated rings. The van der Waals surface area contributed by atoms with Crippen molar-refractivity contribution in [3.8, 4) is 0 Å². The highest BCUT2D eigenvalue weighted by Crippen LogP contribution is 2.14. The molecule has 0 saturated heterocycles. The fourth-order valence-electron chi connectivity index (χ4n) is 1.86. The van der Waals surface area contributed by atoms with Gasteiger partial charge in [0.05, 0.1) is 12.1 Å². The third-order valence-electron chi connectivity index (χ3n) is 3.52. The molecular weight excluding hydrogens is 252 g/mol. The molecule has 0 aromatic carbocycles. The molecule has 1 rings (SSSR count). The van der Waals surface area contributed by atoms with E-state index in [-0.39, 0.29) is 0 Å². The normalized spacial score (nSPS) is 12.5. The summed E-state index contributed by atoms with van der Waals surface area (Å²) < 4.78 is 2.12. The summed E-state index contributed by atoms with van der Waals surface area (Å²) in [4.78, 5) is 4.48. The van der Waals surface area contributed by atoms with Gasteiger partial charge in [0.15, 0.2) is 5.96 Å². The Bertz CT molecular complexity index is 383. The zero-order chi connectivity index (χ0) is 14.8. The van der Waals surface area contributed by atoms with Gasteiger partial charge < -0.3 is 20.3 Å². The Morgan fingerprint density at radius 3 is 2.35 bits per heavy atom. The van der Waals surface area contributed by atoms with E-state index in [0.29, 0.717) is 6.54 Å². The molecule has 114 valence electrons. The highest BCUT2D eigenvalue weighted by atomic mass is 16.3. The number of aliphatic hydroxyl groups is 1. The van der Waals surface area contributed by atoms with Crippen molar-refractivity contribution in [2.75, 3.05) is 19.6 Å². The van der Waals surface area contributed by atoms with Gasteiger partial charge in [0.1, 0.15) is 0 Å². The lowest BCUT2D eigenvalue weighted by Gasteiger charge is -2.23. The summed E-state index contributed by atoms with van der Waals surface area (Å²) in [5.41, 5.74) is -0.692. The molecule has 0 aliphatic heterocycles. The molecule has 0 aliphatic rings. The van der Waals surface area contributed by atoms with Crippen molar-refractivity contribution < 1.29 is 5.11 Å². The van der Waals surface area contributed by atoms with Gasteiger partial charge in [-0.15, -0.1) is 0 Å². The molecule has 5 heteroatoms. The molecule has 0 radical (unpaired) electrons. The molecule has 0 spiro atoms. The second-order valence-electron chi connectivity index (χ2n) is 4.97. The molecule has 0 bridgehead atoms. The van der Waals surface area contributed by atoms with Crippen molar-refractivity contribution in [1.29, 1.82) is 0 Å². The molecule has 1 aromatic rings. The van der Waals surface area contributed by atoms with E-state index in [1.54, 1.807) is 0 Å². The predicted molar refractivity (Wildman–Crippen MR) is 83.9 cm³/mol. The van der Waals surface area contributed by atoms with Gasteiger partial charge in [-0.1, -0.05) is 13.8 Å². The Kier molecular flexibility index (Phi) is 7.15. The highest BCUT2D eigenvalue weighted by Gasteiger charge is 2.21. The van der Waals surface area contributed by atoms with Crippen LogP contribution in [0.25, 0.3) is 0 Å². The van der Waals surface area contributed by atoms with Gasteiger partial charge >= 0.3 is 0 Å². The third-order valence-corrected chi connectivity index (χ3v) is 3.52. The number of nitrogens with zero attached hydrogens (tertiary/aromatic N) is 2. The molecule has 0 atom stereocenters. The van der Waals surface area contributed by atoms with E-state index in [2.05, 4.69) is 20.2 Å². The molecule has 1 heterocycles. The summed E-state index contributed by atoms with van der Waals surface area (Å²) in [6.45, 7) is 8.96. The molecule has 0 saturated carbocycles. The summed E-state index contributed by atoms with van der Waals surface area (Å²) in [6, 6.07) is 4.03. The van der Waals surface area contributed by atoms with Crippen molar-refractivity contribution in [3.63, 3.8) is 0 Å². The van der Waals surface area contributed by atoms with Crippen LogP contribution in [0.3, 0.4) is 0 Å². The first-order chi connectivity index (χ1) is 9.63. The van der Waals surface area contributed by atoms with Crippen molar-refractivity contribution >= 4 is 5.96 Å². The van der Waals surface area contributed by atoms with E-state index in [4.69, 9.17) is 0 Å². The number of hydrogen-bond acceptors (Lipinski definition) is 2. The van der Waals surface area contributed by atoms with Gasteiger partial charge in [-0.05, 0) is 31.9 Å². The number of aliphatic imine (C=N–C) groups is 1. The van der Waals surface area contributed by atoms with Crippen molar-refractivity contribution in [1.82, 2.24) is 15.2 Å². The smallest absolute Gasteiger partial charge is 0.191 e. The first kappa shape index (κ1) is 16.6. The molecule has 1 aromatic heterocycles. The number of rotatable bonds is 8. The third kappa shape index (κ3) is 5.65. The number of hydrogen-bond donors (Lipinski definition) is 3. The van der Waals surface area contributed by atoms with Crippen LogP contribution in [-0.2, 0) is 6.54 Å². The second kappa shape index (κ2) is 8.64. The minimum Gasteiger partial charge on any atom is -0.388 e. The van der Waals surface area contributed by atoms with Gasteiger partial charge in [-0.3, -0.25) is 4.99 Å². The maximum Gasteiger partial charge on any atom is 0.191 e. The van der Waals surface area contributed by atoms with Gasteiger partial charge in [-0.2, -0.15) is 0 Å². The number of aromatic nitrogens is 1. The molecular formula is C15H28N4O. The van der Waals surface area contributed by atoms with E-state index in [1.807, 2.05) is 45.3 Å². The van der Waals surface area contributed by atoms with Crippen molar-refractivity contribution in [3.05, 3.63) is 24.5 Å². The Hall–Kier alpha value is -1.49. The summed E-state index contributed by atoms with van der Waals surface area (Å²) >= 11 is 0. The number of nitrogens with one attached hydrogen (secondary N) is 2. The number of guanidine groups is 1. The van der Waals surface area contributed by atoms with Gasteiger partial charge in [-0.25, -0.2) is 0 Å². The predicted octanol–water partition coefficient (Wildman–Crippen LogP) is 1.59. The van der Waals surface area contributed by atoms with E-state index in [1.165, 1.54) is 0 Å². The van der Waals surface area contributed by atoms with Crippen LogP contribution < -0.4 is 10.6 Å².